The van der Waals surface area contributed by atoms with Crippen molar-refractivity contribution >= 4 is 39.0 Å². The van der Waals surface area contributed by atoms with E-state index in [1.807, 2.05) is 18.5 Å². The number of aliphatic imine (C=N–C) groups is 1. The smallest absolute Gasteiger partial charge is 0.156 e. The topological polar surface area (TPSA) is 51.0 Å². The molecule has 4 aliphatic carbocycles. The van der Waals surface area contributed by atoms with Gasteiger partial charge in [-0.25, -0.2) is 9.97 Å². The number of pyridine rings is 1. The maximum absolute atomic E-state index is 5.47. The predicted molar refractivity (Wildman–Crippen MR) is 219 cm³/mol. The number of allylic oxidation sites excluding steroid dienone is 14. The number of fused-ring (bicyclic) bond motifs is 4. The van der Waals surface area contributed by atoms with Crippen LogP contribution in [0.15, 0.2) is 186 Å². The quantitative estimate of drug-likeness (QED) is 0.185. The second-order valence-electron chi connectivity index (χ2n) is 14.6. The highest BCUT2D eigenvalue weighted by molar-refractivity contribution is 5.96. The molecule has 0 amide bonds. The maximum atomic E-state index is 5.47. The van der Waals surface area contributed by atoms with Crippen molar-refractivity contribution in [3.05, 3.63) is 198 Å². The van der Waals surface area contributed by atoms with Crippen LogP contribution in [-0.2, 0) is 0 Å². The maximum Gasteiger partial charge on any atom is 0.156 e. The first-order valence-electron chi connectivity index (χ1n) is 18.7. The molecule has 3 aromatic carbocycles. The van der Waals surface area contributed by atoms with E-state index in [1.165, 1.54) is 38.6 Å². The molecule has 0 bridgehead atoms. The molecule has 10 rings (SSSR count). The van der Waals surface area contributed by atoms with Crippen LogP contribution in [0.3, 0.4) is 0 Å². The van der Waals surface area contributed by atoms with Gasteiger partial charge in [0.15, 0.2) is 5.82 Å². The van der Waals surface area contributed by atoms with Gasteiger partial charge in [0.1, 0.15) is 0 Å². The Morgan fingerprint density at radius 1 is 0.755 bits per heavy atom. The average molecular weight is 683 g/mol. The molecule has 0 spiro atoms. The van der Waals surface area contributed by atoms with E-state index in [-0.39, 0.29) is 17.9 Å². The van der Waals surface area contributed by atoms with Crippen LogP contribution in [0, 0.1) is 11.8 Å². The molecule has 4 heteroatoms. The van der Waals surface area contributed by atoms with Gasteiger partial charge < -0.3 is 0 Å². The highest BCUT2D eigenvalue weighted by Gasteiger charge is 2.28. The fourth-order valence-electron chi connectivity index (χ4n) is 8.57. The Morgan fingerprint density at radius 3 is 2.64 bits per heavy atom. The summed E-state index contributed by atoms with van der Waals surface area (Å²) in [5.74, 6) is 1.44. The third-order valence-corrected chi connectivity index (χ3v) is 11.3. The molecular weight excluding hydrogens is 645 g/mol. The minimum absolute atomic E-state index is 0.125. The summed E-state index contributed by atoms with van der Waals surface area (Å²) < 4.78 is 0. The van der Waals surface area contributed by atoms with Crippen LogP contribution in [-0.4, -0.2) is 27.2 Å². The summed E-state index contributed by atoms with van der Waals surface area (Å²) in [5, 5.41) is 3.52. The van der Waals surface area contributed by atoms with Crippen LogP contribution in [0.1, 0.15) is 42.3 Å². The van der Waals surface area contributed by atoms with Gasteiger partial charge in [0, 0.05) is 46.7 Å². The molecule has 4 nitrogen and oxygen atoms in total. The van der Waals surface area contributed by atoms with Crippen LogP contribution in [0.25, 0.3) is 44.1 Å². The van der Waals surface area contributed by atoms with E-state index in [0.29, 0.717) is 5.92 Å². The van der Waals surface area contributed by atoms with Gasteiger partial charge in [-0.05, 0) is 99.9 Å². The van der Waals surface area contributed by atoms with Crippen molar-refractivity contribution in [2.24, 2.45) is 16.8 Å². The van der Waals surface area contributed by atoms with E-state index in [1.54, 1.807) is 0 Å². The van der Waals surface area contributed by atoms with Crippen molar-refractivity contribution in [2.75, 3.05) is 0 Å². The first-order chi connectivity index (χ1) is 26.1. The fraction of sp³-hybridized carbons (Fsp3) is 0.143. The Morgan fingerprint density at radius 2 is 1.66 bits per heavy atom. The molecule has 0 saturated heterocycles. The van der Waals surface area contributed by atoms with Gasteiger partial charge in [0.05, 0.1) is 22.9 Å². The number of nitrogens with zero attached hydrogens (tertiary/aromatic N) is 4. The van der Waals surface area contributed by atoms with Crippen molar-refractivity contribution in [2.45, 2.75) is 31.2 Å². The first-order valence-corrected chi connectivity index (χ1v) is 18.7. The third kappa shape index (κ3) is 5.81. The molecule has 1 aliphatic heterocycles. The lowest BCUT2D eigenvalue weighted by molar-refractivity contribution is 0.655. The predicted octanol–water partition coefficient (Wildman–Crippen LogP) is 11.3. The molecule has 5 aromatic rings. The van der Waals surface area contributed by atoms with Gasteiger partial charge in [0.2, 0.25) is 0 Å². The second kappa shape index (κ2) is 13.1. The number of hydrogen-bond acceptors (Lipinski definition) is 4. The van der Waals surface area contributed by atoms with Crippen molar-refractivity contribution in [3.63, 3.8) is 0 Å². The molecule has 4 atom stereocenters. The van der Waals surface area contributed by atoms with Crippen LogP contribution >= 0.6 is 0 Å². The normalized spacial score (nSPS) is 23.2. The van der Waals surface area contributed by atoms with E-state index in [2.05, 4.69) is 151 Å². The Hall–Kier alpha value is -6.26. The summed E-state index contributed by atoms with van der Waals surface area (Å²) in [6.07, 6.45) is 31.6. The molecule has 4 unspecified atom stereocenters. The van der Waals surface area contributed by atoms with E-state index in [4.69, 9.17) is 15.0 Å². The minimum Gasteiger partial charge on any atom is -0.285 e. The van der Waals surface area contributed by atoms with Gasteiger partial charge in [-0.1, -0.05) is 116 Å². The molecule has 0 saturated carbocycles. The summed E-state index contributed by atoms with van der Waals surface area (Å²) in [6.45, 7) is 4.42. The van der Waals surface area contributed by atoms with Gasteiger partial charge in [-0.3, -0.25) is 9.98 Å². The molecule has 5 aliphatic rings. The second-order valence-corrected chi connectivity index (χ2v) is 14.6. The van der Waals surface area contributed by atoms with E-state index in [0.717, 1.165) is 64.1 Å². The zero-order chi connectivity index (χ0) is 35.3. The number of dihydropyridines is 1. The fourth-order valence-corrected chi connectivity index (χ4v) is 8.57. The van der Waals surface area contributed by atoms with E-state index in [9.17, 15) is 0 Å². The Balaban J connectivity index is 1.16. The lowest BCUT2D eigenvalue weighted by Gasteiger charge is -2.28. The zero-order valence-electron chi connectivity index (χ0n) is 29.4. The van der Waals surface area contributed by atoms with Crippen molar-refractivity contribution in [3.8, 4) is 11.3 Å². The molecule has 3 heterocycles. The minimum atomic E-state index is 0.125. The monoisotopic (exact) mass is 682 g/mol. The highest BCUT2D eigenvalue weighted by atomic mass is 14.9. The molecular formula is C49H38N4. The molecule has 254 valence electrons. The summed E-state index contributed by atoms with van der Waals surface area (Å²) in [7, 11) is 0. The summed E-state index contributed by atoms with van der Waals surface area (Å²) in [4.78, 5) is 20.2. The SMILES string of the molecule is C=C1C=CC(c2cc(-c3cccc4ccccc34)nc(C3=CC(C4=CC5C=CC=NC5C=C4)=CC(c4ccc5ncccc5c4)C3)n2)=C2C=CCCC12. The van der Waals surface area contributed by atoms with Crippen molar-refractivity contribution < 1.29 is 0 Å². The van der Waals surface area contributed by atoms with Crippen LogP contribution in [0.4, 0.5) is 0 Å². The van der Waals surface area contributed by atoms with Crippen LogP contribution in [0.5, 0.6) is 0 Å². The largest absolute Gasteiger partial charge is 0.285 e. The Kier molecular flexibility index (Phi) is 7.75. The average Bonchev–Trinajstić information content (AvgIpc) is 3.23. The number of aromatic nitrogens is 3. The number of rotatable bonds is 5. The number of hydrogen-bond donors (Lipinski definition) is 0. The molecule has 0 radical (unpaired) electrons. The Bertz CT molecular complexity index is 2630. The molecule has 53 heavy (non-hydrogen) atoms. The third-order valence-electron chi connectivity index (χ3n) is 11.3. The van der Waals surface area contributed by atoms with Gasteiger partial charge in [-0.2, -0.15) is 0 Å². The van der Waals surface area contributed by atoms with Crippen molar-refractivity contribution in [1.82, 2.24) is 15.0 Å². The standard InChI is InChI=1S/C49H38N4/c1-31-17-20-44(42-15-5-4-13-40(31)42)48-30-47(43-16-6-10-32-9-2-3-14-41(32)43)52-49(53-48)39-28-37(33-18-21-45-35(25-33)11-7-23-50-45)27-38(29-39)34-19-22-46-36(26-34)12-8-24-51-46/h2-3,5-12,14-28,30,35,38,40,45H,1,4,13,29H2. The highest BCUT2D eigenvalue weighted by Crippen LogP contribution is 2.43. The number of benzene rings is 3. The first kappa shape index (κ1) is 31.5. The molecule has 0 fully saturated rings. The van der Waals surface area contributed by atoms with E-state index >= 15 is 0 Å². The summed E-state index contributed by atoms with van der Waals surface area (Å²) in [5.41, 5.74) is 12.4. The van der Waals surface area contributed by atoms with Crippen molar-refractivity contribution in [1.29, 1.82) is 0 Å². The lowest BCUT2D eigenvalue weighted by atomic mass is 9.77. The molecule has 0 N–H and O–H groups in total. The van der Waals surface area contributed by atoms with E-state index < -0.39 is 0 Å². The summed E-state index contributed by atoms with van der Waals surface area (Å²) >= 11 is 0. The summed E-state index contributed by atoms with van der Waals surface area (Å²) in [6, 6.07) is 28.3. The van der Waals surface area contributed by atoms with Gasteiger partial charge in [0.25, 0.3) is 0 Å². The van der Waals surface area contributed by atoms with Gasteiger partial charge in [-0.15, -0.1) is 0 Å². The Labute approximate surface area is 310 Å². The van der Waals surface area contributed by atoms with Crippen LogP contribution in [0.2, 0.25) is 0 Å². The van der Waals surface area contributed by atoms with Crippen LogP contribution < -0.4 is 0 Å². The molecule has 2 aromatic heterocycles. The lowest BCUT2D eigenvalue weighted by Crippen LogP contribution is -2.19. The zero-order valence-corrected chi connectivity index (χ0v) is 29.4. The van der Waals surface area contributed by atoms with Gasteiger partial charge >= 0.3 is 0 Å².